The van der Waals surface area contributed by atoms with E-state index in [1.54, 1.807) is 25.4 Å². The number of aromatic nitrogens is 1. The Morgan fingerprint density at radius 3 is 2.44 bits per heavy atom. The number of pyridine rings is 1. The Labute approximate surface area is 148 Å². The fourth-order valence-corrected chi connectivity index (χ4v) is 3.24. The number of ether oxygens (including phenoxy) is 2. The molecule has 1 aliphatic rings. The molecule has 0 atom stereocenters. The molecule has 25 heavy (non-hydrogen) atoms. The average Bonchev–Trinajstić information content (AvgIpc) is 2.69. The van der Waals surface area contributed by atoms with Crippen molar-refractivity contribution in [3.63, 3.8) is 0 Å². The number of hydrogen-bond acceptors (Lipinski definition) is 4. The number of carbonyl (C=O) groups excluding carboxylic acids is 1. The van der Waals surface area contributed by atoms with E-state index >= 15 is 0 Å². The Kier molecular flexibility index (Phi) is 5.88. The number of carbonyl (C=O) groups is 1. The van der Waals surface area contributed by atoms with Crippen LogP contribution in [0.4, 0.5) is 5.82 Å². The maximum Gasteiger partial charge on any atom is 0.266 e. The summed E-state index contributed by atoms with van der Waals surface area (Å²) in [5, 5.41) is 0. The lowest BCUT2D eigenvalue weighted by Gasteiger charge is -2.33. The quantitative estimate of drug-likeness (QED) is 0.802. The zero-order valence-corrected chi connectivity index (χ0v) is 14.6. The maximum absolute atomic E-state index is 12.9. The van der Waals surface area contributed by atoms with Crippen LogP contribution in [0.1, 0.15) is 32.1 Å². The van der Waals surface area contributed by atoms with Crippen molar-refractivity contribution in [1.82, 2.24) is 4.98 Å². The van der Waals surface area contributed by atoms with Crippen molar-refractivity contribution in [2.45, 2.75) is 38.1 Å². The third-order valence-corrected chi connectivity index (χ3v) is 4.53. The molecule has 0 saturated heterocycles. The Balaban J connectivity index is 1.69. The van der Waals surface area contributed by atoms with E-state index in [4.69, 9.17) is 9.47 Å². The molecule has 1 aromatic heterocycles. The SMILES string of the molecule is COc1ccc(OCC(=O)N(c2ccccn2)C2CCCCC2)cc1. The number of hydrogen-bond donors (Lipinski definition) is 0. The first kappa shape index (κ1) is 17.3. The topological polar surface area (TPSA) is 51.7 Å². The summed E-state index contributed by atoms with van der Waals surface area (Å²) in [6, 6.07) is 13.1. The molecule has 0 spiro atoms. The van der Waals surface area contributed by atoms with Crippen LogP contribution in [-0.2, 0) is 4.79 Å². The average molecular weight is 340 g/mol. The van der Waals surface area contributed by atoms with Gasteiger partial charge in [0.25, 0.3) is 5.91 Å². The number of anilines is 1. The minimum atomic E-state index is -0.0542. The smallest absolute Gasteiger partial charge is 0.266 e. The molecule has 3 rings (SSSR count). The second-order valence-electron chi connectivity index (χ2n) is 6.21. The van der Waals surface area contributed by atoms with Gasteiger partial charge < -0.3 is 9.47 Å². The van der Waals surface area contributed by atoms with Crippen LogP contribution in [0.2, 0.25) is 0 Å². The summed E-state index contributed by atoms with van der Waals surface area (Å²) in [5.74, 6) is 2.06. The van der Waals surface area contributed by atoms with Gasteiger partial charge in [0.2, 0.25) is 0 Å². The lowest BCUT2D eigenvalue weighted by Crippen LogP contribution is -2.44. The maximum atomic E-state index is 12.9. The fourth-order valence-electron chi connectivity index (χ4n) is 3.24. The number of methoxy groups -OCH3 is 1. The summed E-state index contributed by atoms with van der Waals surface area (Å²) < 4.78 is 10.8. The van der Waals surface area contributed by atoms with Crippen LogP contribution in [0.5, 0.6) is 11.5 Å². The largest absolute Gasteiger partial charge is 0.497 e. The minimum absolute atomic E-state index is 0.000592. The first-order chi connectivity index (χ1) is 12.3. The molecule has 1 amide bonds. The van der Waals surface area contributed by atoms with Gasteiger partial charge in [0.1, 0.15) is 17.3 Å². The van der Waals surface area contributed by atoms with E-state index in [-0.39, 0.29) is 18.6 Å². The van der Waals surface area contributed by atoms with Gasteiger partial charge >= 0.3 is 0 Å². The van der Waals surface area contributed by atoms with Crippen LogP contribution in [0.3, 0.4) is 0 Å². The van der Waals surface area contributed by atoms with E-state index in [2.05, 4.69) is 4.98 Å². The number of rotatable bonds is 6. The second kappa shape index (κ2) is 8.51. The van der Waals surface area contributed by atoms with E-state index in [0.29, 0.717) is 11.6 Å². The molecule has 0 radical (unpaired) electrons. The van der Waals surface area contributed by atoms with Crippen molar-refractivity contribution in [2.24, 2.45) is 0 Å². The molecule has 5 heteroatoms. The molecule has 2 aromatic rings. The molecule has 5 nitrogen and oxygen atoms in total. The van der Waals surface area contributed by atoms with Gasteiger partial charge in [0.15, 0.2) is 6.61 Å². The Bertz CT molecular complexity index is 667. The van der Waals surface area contributed by atoms with E-state index in [1.165, 1.54) is 6.42 Å². The van der Waals surface area contributed by atoms with E-state index < -0.39 is 0 Å². The lowest BCUT2D eigenvalue weighted by atomic mass is 9.94. The Morgan fingerprint density at radius 1 is 1.08 bits per heavy atom. The minimum Gasteiger partial charge on any atom is -0.497 e. The summed E-state index contributed by atoms with van der Waals surface area (Å²) in [5.41, 5.74) is 0. The van der Waals surface area contributed by atoms with Crippen LogP contribution >= 0.6 is 0 Å². The summed E-state index contributed by atoms with van der Waals surface area (Å²) in [7, 11) is 1.62. The third-order valence-electron chi connectivity index (χ3n) is 4.53. The molecule has 0 aliphatic heterocycles. The highest BCUT2D eigenvalue weighted by Crippen LogP contribution is 2.26. The fraction of sp³-hybridized carbons (Fsp3) is 0.400. The summed E-state index contributed by atoms with van der Waals surface area (Å²) in [6.45, 7) is -0.000592. The van der Waals surface area contributed by atoms with E-state index in [9.17, 15) is 4.79 Å². The van der Waals surface area contributed by atoms with Crippen molar-refractivity contribution in [2.75, 3.05) is 18.6 Å². The van der Waals surface area contributed by atoms with Gasteiger partial charge in [0, 0.05) is 12.2 Å². The van der Waals surface area contributed by atoms with Crippen molar-refractivity contribution in [3.8, 4) is 11.5 Å². The van der Waals surface area contributed by atoms with Crippen molar-refractivity contribution in [3.05, 3.63) is 48.7 Å². The van der Waals surface area contributed by atoms with Crippen molar-refractivity contribution < 1.29 is 14.3 Å². The highest BCUT2D eigenvalue weighted by atomic mass is 16.5. The van der Waals surface area contributed by atoms with Gasteiger partial charge in [-0.3, -0.25) is 9.69 Å². The zero-order valence-electron chi connectivity index (χ0n) is 14.6. The molecule has 1 fully saturated rings. The zero-order chi connectivity index (χ0) is 17.5. The normalized spacial score (nSPS) is 14.8. The molecule has 1 heterocycles. The van der Waals surface area contributed by atoms with Gasteiger partial charge in [-0.2, -0.15) is 0 Å². The molecule has 132 valence electrons. The highest BCUT2D eigenvalue weighted by molar-refractivity contribution is 5.94. The number of benzene rings is 1. The van der Waals surface area contributed by atoms with Crippen LogP contribution < -0.4 is 14.4 Å². The third kappa shape index (κ3) is 4.50. The summed E-state index contributed by atoms with van der Waals surface area (Å²) >= 11 is 0. The van der Waals surface area contributed by atoms with Gasteiger partial charge in [0.05, 0.1) is 7.11 Å². The lowest BCUT2D eigenvalue weighted by molar-refractivity contribution is -0.121. The first-order valence-electron chi connectivity index (χ1n) is 8.78. The number of nitrogens with zero attached hydrogens (tertiary/aromatic N) is 2. The first-order valence-corrected chi connectivity index (χ1v) is 8.78. The van der Waals surface area contributed by atoms with Crippen molar-refractivity contribution >= 4 is 11.7 Å². The standard InChI is InChI=1S/C20H24N2O3/c1-24-17-10-12-18(13-11-17)25-15-20(23)22(16-7-3-2-4-8-16)19-9-5-6-14-21-19/h5-6,9-14,16H,2-4,7-8,15H2,1H3. The van der Waals surface area contributed by atoms with E-state index in [0.717, 1.165) is 31.4 Å². The molecular weight excluding hydrogens is 316 g/mol. The van der Waals surface area contributed by atoms with Gasteiger partial charge in [-0.05, 0) is 49.2 Å². The molecule has 0 unspecified atom stereocenters. The summed E-state index contributed by atoms with van der Waals surface area (Å²) in [6.07, 6.45) is 7.31. The predicted octanol–water partition coefficient (Wildman–Crippen LogP) is 3.83. The monoisotopic (exact) mass is 340 g/mol. The molecule has 0 N–H and O–H groups in total. The Morgan fingerprint density at radius 2 is 1.80 bits per heavy atom. The molecule has 1 aromatic carbocycles. The Hall–Kier alpha value is -2.56. The van der Waals surface area contributed by atoms with Crippen molar-refractivity contribution in [1.29, 1.82) is 0 Å². The molecule has 0 bridgehead atoms. The van der Waals surface area contributed by atoms with Gasteiger partial charge in [-0.15, -0.1) is 0 Å². The van der Waals surface area contributed by atoms with E-state index in [1.807, 2.05) is 35.2 Å². The molecule has 1 aliphatic carbocycles. The number of amides is 1. The molecule has 1 saturated carbocycles. The summed E-state index contributed by atoms with van der Waals surface area (Å²) in [4.78, 5) is 19.1. The van der Waals surface area contributed by atoms with Crippen LogP contribution in [0.25, 0.3) is 0 Å². The van der Waals surface area contributed by atoms with Crippen LogP contribution in [0, 0.1) is 0 Å². The van der Waals surface area contributed by atoms with Gasteiger partial charge in [-0.25, -0.2) is 4.98 Å². The predicted molar refractivity (Wildman–Crippen MR) is 97.1 cm³/mol. The van der Waals surface area contributed by atoms with Crippen LogP contribution in [-0.4, -0.2) is 30.6 Å². The van der Waals surface area contributed by atoms with Gasteiger partial charge in [-0.1, -0.05) is 25.3 Å². The van der Waals surface area contributed by atoms with Crippen LogP contribution in [0.15, 0.2) is 48.7 Å². The molecular formula is C20H24N2O3. The highest BCUT2D eigenvalue weighted by Gasteiger charge is 2.27. The second-order valence-corrected chi connectivity index (χ2v) is 6.21.